The number of nitrogens with zero attached hydrogens (tertiary/aromatic N) is 2. The van der Waals surface area contributed by atoms with Gasteiger partial charge in [0.25, 0.3) is 0 Å². The molecule has 0 fully saturated rings. The minimum Gasteiger partial charge on any atom is -0.313 e. The predicted molar refractivity (Wildman–Crippen MR) is 98.1 cm³/mol. The Kier molecular flexibility index (Phi) is 6.64. The fourth-order valence-electron chi connectivity index (χ4n) is 3.95. The molecule has 0 bridgehead atoms. The number of hydrogen-bond donors (Lipinski definition) is 0. The zero-order valence-electron chi connectivity index (χ0n) is 15.3. The van der Waals surface area contributed by atoms with Crippen molar-refractivity contribution in [3.05, 3.63) is 29.3 Å². The van der Waals surface area contributed by atoms with E-state index in [0.717, 1.165) is 25.1 Å². The number of carbonyl (C=O) groups excluding carboxylic acids is 1. The molecule has 1 aliphatic carbocycles. The van der Waals surface area contributed by atoms with E-state index >= 15 is 0 Å². The molecule has 128 valence electrons. The van der Waals surface area contributed by atoms with E-state index in [1.54, 1.807) is 6.92 Å². The summed E-state index contributed by atoms with van der Waals surface area (Å²) in [6.07, 6.45) is 5.86. The first kappa shape index (κ1) is 18.0. The molecule has 0 radical (unpaired) electrons. The van der Waals surface area contributed by atoms with Gasteiger partial charge in [0.15, 0.2) is 0 Å². The first-order chi connectivity index (χ1) is 11.1. The Bertz CT molecular complexity index is 520. The van der Waals surface area contributed by atoms with Crippen LogP contribution in [-0.2, 0) is 17.6 Å². The summed E-state index contributed by atoms with van der Waals surface area (Å²) in [5.41, 5.74) is 3.97. The van der Waals surface area contributed by atoms with Gasteiger partial charge in [0, 0.05) is 25.2 Å². The molecular weight excluding hydrogens is 284 g/mol. The van der Waals surface area contributed by atoms with Crippen LogP contribution in [0.15, 0.2) is 18.2 Å². The predicted octanol–water partition coefficient (Wildman–Crippen LogP) is 4.04. The molecule has 0 saturated heterocycles. The number of amides is 1. The van der Waals surface area contributed by atoms with E-state index in [4.69, 9.17) is 0 Å². The second kappa shape index (κ2) is 8.49. The standard InChI is InChI=1S/C20H32N2O/c1-5-13-21(14-6-2)18-11-12-19-17(15-18)9-8-10-20(19)22(7-3)16(4)23/h8-10,18H,5-7,11-15H2,1-4H3. The van der Waals surface area contributed by atoms with Crippen LogP contribution in [0.1, 0.15) is 58.1 Å². The molecule has 0 aliphatic heterocycles. The smallest absolute Gasteiger partial charge is 0.223 e. The Morgan fingerprint density at radius 1 is 1.17 bits per heavy atom. The van der Waals surface area contributed by atoms with Gasteiger partial charge in [-0.05, 0) is 69.3 Å². The molecule has 0 heterocycles. The molecule has 1 atom stereocenters. The highest BCUT2D eigenvalue weighted by atomic mass is 16.2. The van der Waals surface area contributed by atoms with E-state index in [1.807, 2.05) is 4.90 Å². The summed E-state index contributed by atoms with van der Waals surface area (Å²) in [7, 11) is 0. The number of fused-ring (bicyclic) bond motifs is 1. The molecule has 1 aliphatic rings. The van der Waals surface area contributed by atoms with Gasteiger partial charge in [-0.1, -0.05) is 26.0 Å². The third-order valence-corrected chi connectivity index (χ3v) is 4.96. The van der Waals surface area contributed by atoms with Gasteiger partial charge in [0.2, 0.25) is 5.91 Å². The first-order valence-corrected chi connectivity index (χ1v) is 9.25. The van der Waals surface area contributed by atoms with Crippen molar-refractivity contribution in [1.29, 1.82) is 0 Å². The average molecular weight is 316 g/mol. The lowest BCUT2D eigenvalue weighted by Gasteiger charge is -2.36. The van der Waals surface area contributed by atoms with Crippen LogP contribution in [0, 0.1) is 0 Å². The maximum atomic E-state index is 11.9. The Labute approximate surface area is 141 Å². The van der Waals surface area contributed by atoms with E-state index in [-0.39, 0.29) is 5.91 Å². The van der Waals surface area contributed by atoms with Crippen molar-refractivity contribution in [3.63, 3.8) is 0 Å². The van der Waals surface area contributed by atoms with E-state index in [0.29, 0.717) is 6.04 Å². The maximum Gasteiger partial charge on any atom is 0.223 e. The molecule has 1 aromatic rings. The van der Waals surface area contributed by atoms with Crippen LogP contribution in [0.5, 0.6) is 0 Å². The van der Waals surface area contributed by atoms with Crippen molar-refractivity contribution in [2.24, 2.45) is 0 Å². The van der Waals surface area contributed by atoms with Gasteiger partial charge < -0.3 is 9.80 Å². The topological polar surface area (TPSA) is 23.6 Å². The van der Waals surface area contributed by atoms with Gasteiger partial charge in [0.1, 0.15) is 0 Å². The van der Waals surface area contributed by atoms with Crippen molar-refractivity contribution >= 4 is 11.6 Å². The fourth-order valence-corrected chi connectivity index (χ4v) is 3.95. The summed E-state index contributed by atoms with van der Waals surface area (Å²) in [5.74, 6) is 0.140. The molecule has 0 spiro atoms. The summed E-state index contributed by atoms with van der Waals surface area (Å²) in [6, 6.07) is 7.14. The summed E-state index contributed by atoms with van der Waals surface area (Å²) in [6.45, 7) is 11.4. The lowest BCUT2D eigenvalue weighted by atomic mass is 9.86. The van der Waals surface area contributed by atoms with Gasteiger partial charge >= 0.3 is 0 Å². The second-order valence-electron chi connectivity index (χ2n) is 6.61. The molecule has 3 nitrogen and oxygen atoms in total. The zero-order chi connectivity index (χ0) is 16.8. The SMILES string of the molecule is CCCN(CCC)C1CCc2c(cccc2N(CC)C(C)=O)C1. The van der Waals surface area contributed by atoms with Crippen LogP contribution < -0.4 is 4.90 Å². The van der Waals surface area contributed by atoms with Gasteiger partial charge in [-0.15, -0.1) is 0 Å². The van der Waals surface area contributed by atoms with Crippen molar-refractivity contribution in [2.75, 3.05) is 24.5 Å². The lowest BCUT2D eigenvalue weighted by Crippen LogP contribution is -2.40. The highest BCUT2D eigenvalue weighted by Crippen LogP contribution is 2.32. The van der Waals surface area contributed by atoms with Crippen LogP contribution in [-0.4, -0.2) is 36.5 Å². The van der Waals surface area contributed by atoms with E-state index in [9.17, 15) is 4.79 Å². The minimum absolute atomic E-state index is 0.140. The normalized spacial score (nSPS) is 17.2. The van der Waals surface area contributed by atoms with Crippen molar-refractivity contribution in [1.82, 2.24) is 4.90 Å². The maximum absolute atomic E-state index is 11.9. The van der Waals surface area contributed by atoms with Crippen LogP contribution in [0.4, 0.5) is 5.69 Å². The molecule has 3 heteroatoms. The van der Waals surface area contributed by atoms with Crippen LogP contribution in [0.3, 0.4) is 0 Å². The van der Waals surface area contributed by atoms with Gasteiger partial charge in [0.05, 0.1) is 0 Å². The third kappa shape index (κ3) is 4.14. The van der Waals surface area contributed by atoms with Crippen molar-refractivity contribution in [2.45, 2.75) is 65.8 Å². The van der Waals surface area contributed by atoms with Crippen LogP contribution >= 0.6 is 0 Å². The average Bonchev–Trinajstić information content (AvgIpc) is 2.54. The zero-order valence-corrected chi connectivity index (χ0v) is 15.3. The Morgan fingerprint density at radius 2 is 1.87 bits per heavy atom. The van der Waals surface area contributed by atoms with Crippen LogP contribution in [0.25, 0.3) is 0 Å². The highest BCUT2D eigenvalue weighted by Gasteiger charge is 2.26. The van der Waals surface area contributed by atoms with Crippen LogP contribution in [0.2, 0.25) is 0 Å². The van der Waals surface area contributed by atoms with E-state index < -0.39 is 0 Å². The van der Waals surface area contributed by atoms with Gasteiger partial charge in [-0.25, -0.2) is 0 Å². The first-order valence-electron chi connectivity index (χ1n) is 9.25. The monoisotopic (exact) mass is 316 g/mol. The number of rotatable bonds is 7. The number of benzene rings is 1. The summed E-state index contributed by atoms with van der Waals surface area (Å²) < 4.78 is 0. The minimum atomic E-state index is 0.140. The molecule has 1 amide bonds. The van der Waals surface area contributed by atoms with Crippen molar-refractivity contribution < 1.29 is 4.79 Å². The quantitative estimate of drug-likeness (QED) is 0.758. The van der Waals surface area contributed by atoms with E-state index in [2.05, 4.69) is 43.9 Å². The summed E-state index contributed by atoms with van der Waals surface area (Å²) in [4.78, 5) is 16.5. The molecule has 0 aromatic heterocycles. The Morgan fingerprint density at radius 3 is 2.43 bits per heavy atom. The number of anilines is 1. The summed E-state index contributed by atoms with van der Waals surface area (Å²) >= 11 is 0. The number of carbonyl (C=O) groups is 1. The third-order valence-electron chi connectivity index (χ3n) is 4.96. The number of hydrogen-bond acceptors (Lipinski definition) is 2. The molecule has 0 N–H and O–H groups in total. The second-order valence-corrected chi connectivity index (χ2v) is 6.61. The van der Waals surface area contributed by atoms with Gasteiger partial charge in [-0.2, -0.15) is 0 Å². The molecule has 0 saturated carbocycles. The van der Waals surface area contributed by atoms with Crippen molar-refractivity contribution in [3.8, 4) is 0 Å². The summed E-state index contributed by atoms with van der Waals surface area (Å²) in [5, 5.41) is 0. The largest absolute Gasteiger partial charge is 0.313 e. The highest BCUT2D eigenvalue weighted by molar-refractivity contribution is 5.92. The van der Waals surface area contributed by atoms with Gasteiger partial charge in [-0.3, -0.25) is 4.79 Å². The molecule has 1 aromatic carbocycles. The van der Waals surface area contributed by atoms with E-state index in [1.165, 1.54) is 43.5 Å². The molecule has 23 heavy (non-hydrogen) atoms. The fraction of sp³-hybridized carbons (Fsp3) is 0.650. The Hall–Kier alpha value is -1.35. The Balaban J connectivity index is 2.23. The molecular formula is C20H32N2O. The molecule has 2 rings (SSSR count). The lowest BCUT2D eigenvalue weighted by molar-refractivity contribution is -0.116. The molecule has 1 unspecified atom stereocenters.